The summed E-state index contributed by atoms with van der Waals surface area (Å²) in [5, 5.41) is 4.11. The maximum Gasteiger partial charge on any atom is 0.122 e. The average molecular weight is 256 g/mol. The van der Waals surface area contributed by atoms with E-state index in [0.29, 0.717) is 16.5 Å². The van der Waals surface area contributed by atoms with Crippen molar-refractivity contribution in [3.8, 4) is 0 Å². The molecule has 1 saturated heterocycles. The predicted octanol–water partition coefficient (Wildman–Crippen LogP) is 3.91. The van der Waals surface area contributed by atoms with Crippen molar-refractivity contribution < 1.29 is 4.39 Å². The fourth-order valence-electron chi connectivity index (χ4n) is 2.39. The van der Waals surface area contributed by atoms with Gasteiger partial charge in [0.05, 0.1) is 0 Å². The Labute approximate surface area is 107 Å². The number of hydrogen-bond acceptors (Lipinski definition) is 1. The molecule has 0 amide bonds. The molecule has 0 spiro atoms. The first-order chi connectivity index (χ1) is 8.16. The van der Waals surface area contributed by atoms with E-state index in [1.165, 1.54) is 19.8 Å². The van der Waals surface area contributed by atoms with E-state index in [4.69, 9.17) is 11.6 Å². The molecule has 1 aliphatic rings. The van der Waals surface area contributed by atoms with Crippen LogP contribution >= 0.6 is 11.6 Å². The highest BCUT2D eigenvalue weighted by Gasteiger charge is 2.15. The summed E-state index contributed by atoms with van der Waals surface area (Å²) in [6.45, 7) is 3.73. The number of rotatable bonds is 3. The van der Waals surface area contributed by atoms with E-state index >= 15 is 0 Å². The Kier molecular flexibility index (Phi) is 4.41. The van der Waals surface area contributed by atoms with Crippen LogP contribution in [-0.2, 0) is 6.42 Å². The van der Waals surface area contributed by atoms with Crippen LogP contribution < -0.4 is 5.32 Å². The van der Waals surface area contributed by atoms with Crippen LogP contribution in [0.1, 0.15) is 37.1 Å². The second-order valence-electron chi connectivity index (χ2n) is 4.88. The molecule has 0 saturated carbocycles. The van der Waals surface area contributed by atoms with Gasteiger partial charge in [-0.05, 0) is 62.4 Å². The summed E-state index contributed by atoms with van der Waals surface area (Å²) in [4.78, 5) is 0. The van der Waals surface area contributed by atoms with E-state index in [1.807, 2.05) is 12.1 Å². The van der Waals surface area contributed by atoms with Crippen molar-refractivity contribution >= 4 is 11.6 Å². The van der Waals surface area contributed by atoms with Gasteiger partial charge in [0.15, 0.2) is 0 Å². The minimum atomic E-state index is -0.946. The highest BCUT2D eigenvalue weighted by molar-refractivity contribution is 6.31. The lowest BCUT2D eigenvalue weighted by atomic mass is 9.92. The van der Waals surface area contributed by atoms with Gasteiger partial charge in [0.1, 0.15) is 6.17 Å². The van der Waals surface area contributed by atoms with Crippen molar-refractivity contribution in [2.45, 2.75) is 32.4 Å². The van der Waals surface area contributed by atoms with Crippen LogP contribution in [0.5, 0.6) is 0 Å². The van der Waals surface area contributed by atoms with Gasteiger partial charge in [-0.2, -0.15) is 0 Å². The van der Waals surface area contributed by atoms with Crippen LogP contribution in [0.2, 0.25) is 5.02 Å². The SMILES string of the molecule is CC(F)c1ccc(CC2CCCNC2)c(Cl)c1. The molecular weight excluding hydrogens is 237 g/mol. The van der Waals surface area contributed by atoms with Crippen molar-refractivity contribution in [3.63, 3.8) is 0 Å². The van der Waals surface area contributed by atoms with E-state index in [0.717, 1.165) is 25.1 Å². The highest BCUT2D eigenvalue weighted by Crippen LogP contribution is 2.26. The summed E-state index contributed by atoms with van der Waals surface area (Å²) in [7, 11) is 0. The lowest BCUT2D eigenvalue weighted by Gasteiger charge is -2.23. The third-order valence-corrected chi connectivity index (χ3v) is 3.80. The van der Waals surface area contributed by atoms with Crippen molar-refractivity contribution in [1.29, 1.82) is 0 Å². The van der Waals surface area contributed by atoms with Gasteiger partial charge in [0.25, 0.3) is 0 Å². The molecule has 2 rings (SSSR count). The van der Waals surface area contributed by atoms with Gasteiger partial charge in [-0.3, -0.25) is 0 Å². The fraction of sp³-hybridized carbons (Fsp3) is 0.571. The van der Waals surface area contributed by atoms with Gasteiger partial charge in [-0.25, -0.2) is 4.39 Å². The van der Waals surface area contributed by atoms with E-state index in [1.54, 1.807) is 6.07 Å². The van der Waals surface area contributed by atoms with E-state index in [2.05, 4.69) is 5.32 Å². The number of piperidine rings is 1. The summed E-state index contributed by atoms with van der Waals surface area (Å²) < 4.78 is 13.1. The standard InChI is InChI=1S/C14H19ClFN/c1-10(16)12-4-5-13(14(15)8-12)7-11-3-2-6-17-9-11/h4-5,8,10-11,17H,2-3,6-7,9H2,1H3. The Morgan fingerprint density at radius 3 is 2.94 bits per heavy atom. The van der Waals surface area contributed by atoms with Crippen molar-refractivity contribution in [1.82, 2.24) is 5.32 Å². The zero-order valence-electron chi connectivity index (χ0n) is 10.2. The Hall–Kier alpha value is -0.600. The van der Waals surface area contributed by atoms with E-state index in [-0.39, 0.29) is 0 Å². The molecule has 1 heterocycles. The first kappa shape index (κ1) is 12.8. The monoisotopic (exact) mass is 255 g/mol. The molecule has 1 fully saturated rings. The van der Waals surface area contributed by atoms with Crippen LogP contribution in [0.15, 0.2) is 18.2 Å². The molecule has 1 nitrogen and oxygen atoms in total. The fourth-order valence-corrected chi connectivity index (χ4v) is 2.65. The Balaban J connectivity index is 2.05. The molecule has 0 aliphatic carbocycles. The molecule has 0 bridgehead atoms. The molecule has 1 aromatic rings. The molecule has 2 unspecified atom stereocenters. The van der Waals surface area contributed by atoms with E-state index in [9.17, 15) is 4.39 Å². The minimum Gasteiger partial charge on any atom is -0.316 e. The van der Waals surface area contributed by atoms with Crippen LogP contribution in [0.3, 0.4) is 0 Å². The van der Waals surface area contributed by atoms with Crippen LogP contribution in [0.4, 0.5) is 4.39 Å². The molecule has 17 heavy (non-hydrogen) atoms. The zero-order valence-corrected chi connectivity index (χ0v) is 10.9. The molecule has 1 N–H and O–H groups in total. The smallest absolute Gasteiger partial charge is 0.122 e. The molecule has 0 radical (unpaired) electrons. The quantitative estimate of drug-likeness (QED) is 0.864. The maximum atomic E-state index is 13.1. The molecule has 94 valence electrons. The second-order valence-corrected chi connectivity index (χ2v) is 5.29. The number of hydrogen-bond donors (Lipinski definition) is 1. The van der Waals surface area contributed by atoms with Crippen molar-refractivity contribution in [2.75, 3.05) is 13.1 Å². The maximum absolute atomic E-state index is 13.1. The van der Waals surface area contributed by atoms with Crippen molar-refractivity contribution in [3.05, 3.63) is 34.3 Å². The first-order valence-corrected chi connectivity index (χ1v) is 6.67. The lowest BCUT2D eigenvalue weighted by Crippen LogP contribution is -2.30. The number of nitrogens with one attached hydrogen (secondary N) is 1. The van der Waals surface area contributed by atoms with Gasteiger partial charge in [0, 0.05) is 5.02 Å². The lowest BCUT2D eigenvalue weighted by molar-refractivity contribution is 0.372. The summed E-state index contributed by atoms with van der Waals surface area (Å²) in [5.74, 6) is 0.662. The van der Waals surface area contributed by atoms with Crippen LogP contribution in [-0.4, -0.2) is 13.1 Å². The zero-order chi connectivity index (χ0) is 12.3. The van der Waals surface area contributed by atoms with Gasteiger partial charge >= 0.3 is 0 Å². The minimum absolute atomic E-state index is 0.662. The van der Waals surface area contributed by atoms with Crippen LogP contribution in [0, 0.1) is 5.92 Å². The molecule has 0 aromatic heterocycles. The molecule has 2 atom stereocenters. The summed E-state index contributed by atoms with van der Waals surface area (Å²) in [5.41, 5.74) is 1.81. The number of benzene rings is 1. The molecule has 1 aromatic carbocycles. The van der Waals surface area contributed by atoms with Gasteiger partial charge in [0.2, 0.25) is 0 Å². The Morgan fingerprint density at radius 1 is 1.53 bits per heavy atom. The third-order valence-electron chi connectivity index (χ3n) is 3.44. The van der Waals surface area contributed by atoms with Gasteiger partial charge in [-0.15, -0.1) is 0 Å². The van der Waals surface area contributed by atoms with Crippen LogP contribution in [0.25, 0.3) is 0 Å². The largest absolute Gasteiger partial charge is 0.316 e. The summed E-state index contributed by atoms with van der Waals surface area (Å²) in [6, 6.07) is 5.59. The number of alkyl halides is 1. The normalized spacial score (nSPS) is 22.4. The van der Waals surface area contributed by atoms with Crippen molar-refractivity contribution in [2.24, 2.45) is 5.92 Å². The molecular formula is C14H19ClFN. The molecule has 3 heteroatoms. The Morgan fingerprint density at radius 2 is 2.35 bits per heavy atom. The summed E-state index contributed by atoms with van der Waals surface area (Å²) in [6.07, 6.45) is 2.54. The summed E-state index contributed by atoms with van der Waals surface area (Å²) >= 11 is 6.21. The highest BCUT2D eigenvalue weighted by atomic mass is 35.5. The van der Waals surface area contributed by atoms with E-state index < -0.39 is 6.17 Å². The molecule has 1 aliphatic heterocycles. The second kappa shape index (κ2) is 5.83. The van der Waals surface area contributed by atoms with Gasteiger partial charge < -0.3 is 5.32 Å². The topological polar surface area (TPSA) is 12.0 Å². The number of halogens is 2. The van der Waals surface area contributed by atoms with Gasteiger partial charge in [-0.1, -0.05) is 23.7 Å². The first-order valence-electron chi connectivity index (χ1n) is 6.30. The third kappa shape index (κ3) is 3.43. The predicted molar refractivity (Wildman–Crippen MR) is 70.3 cm³/mol. The Bertz CT molecular complexity index is 372. The average Bonchev–Trinajstić information content (AvgIpc) is 2.33.